The number of carbonyl (C=O) groups excluding carboxylic acids is 1. The van der Waals surface area contributed by atoms with E-state index in [1.165, 1.54) is 6.92 Å². The minimum Gasteiger partial charge on any atom is -0.310 e. The molecule has 2 heterocycles. The Morgan fingerprint density at radius 1 is 1.43 bits per heavy atom. The lowest BCUT2D eigenvalue weighted by atomic mass is 10.3. The highest BCUT2D eigenvalue weighted by atomic mass is 16.1. The third kappa shape index (κ3) is 1.59. The number of amides is 1. The number of rotatable bonds is 1. The van der Waals surface area contributed by atoms with Crippen molar-refractivity contribution in [3.63, 3.8) is 0 Å². The number of aromatic nitrogens is 2. The number of hydrogen-bond acceptors (Lipinski definition) is 2. The van der Waals surface area contributed by atoms with Crippen LogP contribution in [0.5, 0.6) is 0 Å². The maximum atomic E-state index is 10.8. The molecular weight excluding hydrogens is 178 g/mol. The van der Waals surface area contributed by atoms with Crippen molar-refractivity contribution in [2.24, 2.45) is 0 Å². The Morgan fingerprint density at radius 3 is 2.93 bits per heavy atom. The number of aryl methyl sites for hydroxylation is 1. The van der Waals surface area contributed by atoms with Gasteiger partial charge in [-0.25, -0.2) is 4.98 Å². The SMILES string of the molecule is CC(=O)Nc1cn2cc(C)ccc2n1. The van der Waals surface area contributed by atoms with Crippen LogP contribution in [0.2, 0.25) is 0 Å². The first kappa shape index (κ1) is 8.74. The number of pyridine rings is 1. The number of anilines is 1. The summed E-state index contributed by atoms with van der Waals surface area (Å²) in [6.07, 6.45) is 3.76. The van der Waals surface area contributed by atoms with Gasteiger partial charge in [0.25, 0.3) is 0 Å². The van der Waals surface area contributed by atoms with E-state index in [-0.39, 0.29) is 5.91 Å². The van der Waals surface area contributed by atoms with Crippen LogP contribution in [0.3, 0.4) is 0 Å². The summed E-state index contributed by atoms with van der Waals surface area (Å²) in [7, 11) is 0. The van der Waals surface area contributed by atoms with E-state index in [0.29, 0.717) is 5.82 Å². The lowest BCUT2D eigenvalue weighted by Gasteiger charge is -1.93. The summed E-state index contributed by atoms with van der Waals surface area (Å²) in [5.41, 5.74) is 1.99. The monoisotopic (exact) mass is 189 g/mol. The van der Waals surface area contributed by atoms with Crippen LogP contribution >= 0.6 is 0 Å². The first-order valence-electron chi connectivity index (χ1n) is 4.38. The average molecular weight is 189 g/mol. The molecule has 2 rings (SSSR count). The van der Waals surface area contributed by atoms with E-state index >= 15 is 0 Å². The van der Waals surface area contributed by atoms with E-state index in [1.807, 2.05) is 29.7 Å². The highest BCUT2D eigenvalue weighted by Crippen LogP contribution is 2.10. The van der Waals surface area contributed by atoms with E-state index < -0.39 is 0 Å². The van der Waals surface area contributed by atoms with Crippen molar-refractivity contribution in [3.05, 3.63) is 30.1 Å². The number of hydrogen-bond donors (Lipinski definition) is 1. The molecule has 72 valence electrons. The van der Waals surface area contributed by atoms with E-state index in [2.05, 4.69) is 10.3 Å². The molecule has 0 spiro atoms. The van der Waals surface area contributed by atoms with E-state index in [9.17, 15) is 4.79 Å². The van der Waals surface area contributed by atoms with Crippen molar-refractivity contribution < 1.29 is 4.79 Å². The highest BCUT2D eigenvalue weighted by molar-refractivity contribution is 5.87. The summed E-state index contributed by atoms with van der Waals surface area (Å²) in [6.45, 7) is 3.48. The van der Waals surface area contributed by atoms with Gasteiger partial charge in [0.05, 0.1) is 6.20 Å². The topological polar surface area (TPSA) is 46.4 Å². The number of nitrogens with zero attached hydrogens (tertiary/aromatic N) is 2. The molecule has 0 saturated heterocycles. The predicted molar refractivity (Wildman–Crippen MR) is 54.2 cm³/mol. The molecule has 0 unspecified atom stereocenters. The summed E-state index contributed by atoms with van der Waals surface area (Å²) in [4.78, 5) is 15.0. The highest BCUT2D eigenvalue weighted by Gasteiger charge is 2.01. The van der Waals surface area contributed by atoms with Gasteiger partial charge in [-0.2, -0.15) is 0 Å². The van der Waals surface area contributed by atoms with Gasteiger partial charge in [0.1, 0.15) is 5.65 Å². The second kappa shape index (κ2) is 3.14. The quantitative estimate of drug-likeness (QED) is 0.740. The molecule has 0 aromatic carbocycles. The third-order valence-electron chi connectivity index (χ3n) is 1.90. The number of imidazole rings is 1. The normalized spacial score (nSPS) is 10.4. The largest absolute Gasteiger partial charge is 0.310 e. The Hall–Kier alpha value is -1.84. The Labute approximate surface area is 81.6 Å². The summed E-state index contributed by atoms with van der Waals surface area (Å²) in [6, 6.07) is 3.90. The Morgan fingerprint density at radius 2 is 2.21 bits per heavy atom. The molecule has 4 nitrogen and oxygen atoms in total. The van der Waals surface area contributed by atoms with Gasteiger partial charge in [-0.15, -0.1) is 0 Å². The predicted octanol–water partition coefficient (Wildman–Crippen LogP) is 1.60. The zero-order valence-corrected chi connectivity index (χ0v) is 8.11. The second-order valence-electron chi connectivity index (χ2n) is 3.28. The van der Waals surface area contributed by atoms with Crippen molar-refractivity contribution in [3.8, 4) is 0 Å². The molecule has 1 amide bonds. The molecule has 0 aliphatic heterocycles. The third-order valence-corrected chi connectivity index (χ3v) is 1.90. The maximum Gasteiger partial charge on any atom is 0.222 e. The van der Waals surface area contributed by atoms with Crippen LogP contribution in [0.25, 0.3) is 5.65 Å². The minimum absolute atomic E-state index is 0.106. The van der Waals surface area contributed by atoms with E-state index in [4.69, 9.17) is 0 Å². The van der Waals surface area contributed by atoms with Crippen LogP contribution in [-0.4, -0.2) is 15.3 Å². The molecular formula is C10H11N3O. The van der Waals surface area contributed by atoms with Gasteiger partial charge in [0.2, 0.25) is 5.91 Å². The standard InChI is InChI=1S/C10H11N3O/c1-7-3-4-10-12-9(11-8(2)14)6-13(10)5-7/h3-6H,1-2H3,(H,11,14). The van der Waals surface area contributed by atoms with Gasteiger partial charge >= 0.3 is 0 Å². The molecule has 0 atom stereocenters. The molecule has 4 heteroatoms. The van der Waals surface area contributed by atoms with Crippen molar-refractivity contribution in [1.82, 2.24) is 9.38 Å². The Bertz CT molecular complexity index is 487. The molecule has 2 aromatic heterocycles. The van der Waals surface area contributed by atoms with Crippen LogP contribution in [0.4, 0.5) is 5.82 Å². The summed E-state index contributed by atoms with van der Waals surface area (Å²) >= 11 is 0. The van der Waals surface area contributed by atoms with Crippen molar-refractivity contribution in [2.45, 2.75) is 13.8 Å². The molecule has 2 aromatic rings. The summed E-state index contributed by atoms with van der Waals surface area (Å²) in [5, 5.41) is 2.64. The fourth-order valence-corrected chi connectivity index (χ4v) is 1.34. The maximum absolute atomic E-state index is 10.8. The van der Waals surface area contributed by atoms with Gasteiger partial charge in [-0.3, -0.25) is 4.79 Å². The van der Waals surface area contributed by atoms with Gasteiger partial charge in [0, 0.05) is 13.1 Å². The molecule has 0 aliphatic rings. The minimum atomic E-state index is -0.106. The van der Waals surface area contributed by atoms with Gasteiger partial charge in [0.15, 0.2) is 5.82 Å². The van der Waals surface area contributed by atoms with Gasteiger partial charge in [-0.05, 0) is 18.6 Å². The first-order chi connectivity index (χ1) is 6.65. The second-order valence-corrected chi connectivity index (χ2v) is 3.28. The van der Waals surface area contributed by atoms with Crippen LogP contribution in [-0.2, 0) is 4.79 Å². The van der Waals surface area contributed by atoms with Crippen molar-refractivity contribution >= 4 is 17.4 Å². The molecule has 0 saturated carbocycles. The van der Waals surface area contributed by atoms with Gasteiger partial charge in [-0.1, -0.05) is 6.07 Å². The van der Waals surface area contributed by atoms with Crippen LogP contribution in [0.1, 0.15) is 12.5 Å². The lowest BCUT2D eigenvalue weighted by Crippen LogP contribution is -2.05. The van der Waals surface area contributed by atoms with E-state index in [1.54, 1.807) is 6.20 Å². The average Bonchev–Trinajstić information content (AvgIpc) is 2.44. The number of nitrogens with one attached hydrogen (secondary N) is 1. The zero-order chi connectivity index (χ0) is 10.1. The first-order valence-corrected chi connectivity index (χ1v) is 4.38. The van der Waals surface area contributed by atoms with Crippen molar-refractivity contribution in [1.29, 1.82) is 0 Å². The van der Waals surface area contributed by atoms with Crippen LogP contribution in [0, 0.1) is 6.92 Å². The fraction of sp³-hybridized carbons (Fsp3) is 0.200. The molecule has 0 radical (unpaired) electrons. The van der Waals surface area contributed by atoms with Crippen LogP contribution < -0.4 is 5.32 Å². The Kier molecular flexibility index (Phi) is 1.96. The molecule has 0 fully saturated rings. The molecule has 14 heavy (non-hydrogen) atoms. The summed E-state index contributed by atoms with van der Waals surface area (Å²) < 4.78 is 1.89. The lowest BCUT2D eigenvalue weighted by molar-refractivity contribution is -0.114. The zero-order valence-electron chi connectivity index (χ0n) is 8.11. The number of carbonyl (C=O) groups is 1. The smallest absolute Gasteiger partial charge is 0.222 e. The molecule has 0 bridgehead atoms. The summed E-state index contributed by atoms with van der Waals surface area (Å²) in [5.74, 6) is 0.480. The van der Waals surface area contributed by atoms with Crippen molar-refractivity contribution in [2.75, 3.05) is 5.32 Å². The fourth-order valence-electron chi connectivity index (χ4n) is 1.34. The van der Waals surface area contributed by atoms with E-state index in [0.717, 1.165) is 11.2 Å². The van der Waals surface area contributed by atoms with Gasteiger partial charge < -0.3 is 9.72 Å². The Balaban J connectivity index is 2.46. The number of fused-ring (bicyclic) bond motifs is 1. The molecule has 1 N–H and O–H groups in total. The van der Waals surface area contributed by atoms with Crippen LogP contribution in [0.15, 0.2) is 24.5 Å². The molecule has 0 aliphatic carbocycles.